The predicted molar refractivity (Wildman–Crippen MR) is 99.7 cm³/mol. The van der Waals surface area contributed by atoms with E-state index in [2.05, 4.69) is 5.32 Å². The third-order valence-electron chi connectivity index (χ3n) is 4.02. The molecule has 0 radical (unpaired) electrons. The van der Waals surface area contributed by atoms with Crippen molar-refractivity contribution >= 4 is 23.3 Å². The van der Waals surface area contributed by atoms with E-state index >= 15 is 0 Å². The molecular formula is C20H24ClN2O2+. The first-order valence-corrected chi connectivity index (χ1v) is 8.72. The van der Waals surface area contributed by atoms with E-state index in [-0.39, 0.29) is 18.2 Å². The molecule has 5 heteroatoms. The second kappa shape index (κ2) is 9.35. The SMILES string of the molecule is CC(=O)[C@@H](Cc1ccccc1)NC(=O)C[NH+](C)Cc1ccccc1Cl. The van der Waals surface area contributed by atoms with Gasteiger partial charge in [0.25, 0.3) is 5.91 Å². The highest BCUT2D eigenvalue weighted by molar-refractivity contribution is 6.31. The highest BCUT2D eigenvalue weighted by atomic mass is 35.5. The van der Waals surface area contributed by atoms with E-state index in [4.69, 9.17) is 11.6 Å². The van der Waals surface area contributed by atoms with Crippen LogP contribution in [0.25, 0.3) is 0 Å². The molecule has 0 fully saturated rings. The zero-order chi connectivity index (χ0) is 18.2. The molecule has 0 saturated heterocycles. The summed E-state index contributed by atoms with van der Waals surface area (Å²) in [6.07, 6.45) is 0.505. The van der Waals surface area contributed by atoms with Gasteiger partial charge in [-0.3, -0.25) is 9.59 Å². The maximum atomic E-state index is 12.3. The summed E-state index contributed by atoms with van der Waals surface area (Å²) in [6, 6.07) is 16.8. The Labute approximate surface area is 153 Å². The van der Waals surface area contributed by atoms with Gasteiger partial charge in [0.15, 0.2) is 12.3 Å². The summed E-state index contributed by atoms with van der Waals surface area (Å²) >= 11 is 6.16. The zero-order valence-electron chi connectivity index (χ0n) is 14.6. The van der Waals surface area contributed by atoms with Gasteiger partial charge in [-0.25, -0.2) is 0 Å². The summed E-state index contributed by atoms with van der Waals surface area (Å²) in [5.74, 6) is -0.179. The smallest absolute Gasteiger partial charge is 0.275 e. The minimum atomic E-state index is -0.497. The first-order chi connectivity index (χ1) is 12.0. The fourth-order valence-electron chi connectivity index (χ4n) is 2.70. The average Bonchev–Trinajstić information content (AvgIpc) is 2.57. The number of likely N-dealkylation sites (N-methyl/N-ethyl adjacent to an activating group) is 1. The molecule has 0 aromatic heterocycles. The molecule has 0 heterocycles. The molecule has 2 aromatic carbocycles. The first kappa shape index (κ1) is 19.2. The summed E-state index contributed by atoms with van der Waals surface area (Å²) in [5, 5.41) is 3.56. The number of amides is 1. The lowest BCUT2D eigenvalue weighted by atomic mass is 10.0. The van der Waals surface area contributed by atoms with Crippen molar-refractivity contribution in [3.8, 4) is 0 Å². The van der Waals surface area contributed by atoms with Crippen LogP contribution in [0.15, 0.2) is 54.6 Å². The van der Waals surface area contributed by atoms with Crippen molar-refractivity contribution in [2.75, 3.05) is 13.6 Å². The van der Waals surface area contributed by atoms with Gasteiger partial charge < -0.3 is 10.2 Å². The van der Waals surface area contributed by atoms with Gasteiger partial charge in [-0.2, -0.15) is 0 Å². The van der Waals surface area contributed by atoms with Crippen LogP contribution in [0.5, 0.6) is 0 Å². The fourth-order valence-corrected chi connectivity index (χ4v) is 2.90. The molecule has 0 aliphatic heterocycles. The Kier molecular flexibility index (Phi) is 7.16. The number of quaternary nitrogens is 1. The molecule has 0 aliphatic rings. The summed E-state index contributed by atoms with van der Waals surface area (Å²) in [6.45, 7) is 2.44. The molecule has 0 bridgehead atoms. The molecule has 0 spiro atoms. The van der Waals surface area contributed by atoms with E-state index in [0.29, 0.717) is 18.0 Å². The van der Waals surface area contributed by atoms with Crippen LogP contribution in [0.4, 0.5) is 0 Å². The van der Waals surface area contributed by atoms with Crippen molar-refractivity contribution in [3.63, 3.8) is 0 Å². The van der Waals surface area contributed by atoms with E-state index in [1.807, 2.05) is 61.6 Å². The standard InChI is InChI=1S/C20H23ClN2O2/c1-15(24)19(12-16-8-4-3-5-9-16)22-20(25)14-23(2)13-17-10-6-7-11-18(17)21/h3-11,19H,12-14H2,1-2H3,(H,22,25)/p+1/t19-/m1/s1. The number of nitrogens with one attached hydrogen (secondary N) is 2. The van der Waals surface area contributed by atoms with Gasteiger partial charge in [0.2, 0.25) is 0 Å². The van der Waals surface area contributed by atoms with Crippen LogP contribution in [0.2, 0.25) is 5.02 Å². The number of Topliss-reactive ketones (excluding diaryl/α,β-unsaturated/α-hetero) is 1. The number of hydrogen-bond donors (Lipinski definition) is 2. The summed E-state index contributed by atoms with van der Waals surface area (Å²) in [4.78, 5) is 25.2. The number of halogens is 1. The van der Waals surface area contributed by atoms with Gasteiger partial charge in [0.05, 0.1) is 13.1 Å². The molecule has 25 heavy (non-hydrogen) atoms. The van der Waals surface area contributed by atoms with Crippen LogP contribution in [-0.2, 0) is 22.6 Å². The molecule has 2 N–H and O–H groups in total. The highest BCUT2D eigenvalue weighted by Crippen LogP contribution is 2.13. The van der Waals surface area contributed by atoms with E-state index < -0.39 is 6.04 Å². The van der Waals surface area contributed by atoms with Crippen LogP contribution in [0.3, 0.4) is 0 Å². The minimum Gasteiger partial charge on any atom is -0.341 e. The maximum Gasteiger partial charge on any atom is 0.275 e. The minimum absolute atomic E-state index is 0.0408. The monoisotopic (exact) mass is 359 g/mol. The first-order valence-electron chi connectivity index (χ1n) is 8.34. The van der Waals surface area contributed by atoms with Crippen molar-refractivity contribution in [2.24, 2.45) is 0 Å². The number of carbonyl (C=O) groups excluding carboxylic acids is 2. The Morgan fingerprint density at radius 3 is 2.36 bits per heavy atom. The normalized spacial score (nSPS) is 13.1. The third kappa shape index (κ3) is 6.33. The average molecular weight is 360 g/mol. The molecule has 1 unspecified atom stereocenters. The Morgan fingerprint density at radius 2 is 1.72 bits per heavy atom. The predicted octanol–water partition coefficient (Wildman–Crippen LogP) is 1.67. The Hall–Kier alpha value is -2.17. The molecule has 2 aromatic rings. The number of hydrogen-bond acceptors (Lipinski definition) is 2. The van der Waals surface area contributed by atoms with Crippen LogP contribution < -0.4 is 10.2 Å². The molecular weight excluding hydrogens is 336 g/mol. The lowest BCUT2D eigenvalue weighted by Gasteiger charge is -2.19. The van der Waals surface area contributed by atoms with E-state index in [1.165, 1.54) is 6.92 Å². The number of rotatable bonds is 8. The molecule has 2 rings (SSSR count). The van der Waals surface area contributed by atoms with Gasteiger partial charge in [-0.15, -0.1) is 0 Å². The van der Waals surface area contributed by atoms with E-state index in [9.17, 15) is 9.59 Å². The lowest BCUT2D eigenvalue weighted by molar-refractivity contribution is -0.885. The van der Waals surface area contributed by atoms with Gasteiger partial charge in [0, 0.05) is 10.6 Å². The number of benzene rings is 2. The topological polar surface area (TPSA) is 50.6 Å². The maximum absolute atomic E-state index is 12.3. The van der Waals surface area contributed by atoms with Crippen molar-refractivity contribution < 1.29 is 14.5 Å². The summed E-state index contributed by atoms with van der Waals surface area (Å²) in [7, 11) is 1.93. The zero-order valence-corrected chi connectivity index (χ0v) is 15.3. The number of carbonyl (C=O) groups is 2. The second-order valence-corrected chi connectivity index (χ2v) is 6.73. The van der Waals surface area contributed by atoms with Gasteiger partial charge >= 0.3 is 0 Å². The van der Waals surface area contributed by atoms with Crippen LogP contribution >= 0.6 is 11.6 Å². The number of ketones is 1. The van der Waals surface area contributed by atoms with Crippen LogP contribution in [0.1, 0.15) is 18.1 Å². The summed E-state index contributed by atoms with van der Waals surface area (Å²) in [5.41, 5.74) is 2.03. The molecule has 1 amide bonds. The molecule has 0 aliphatic carbocycles. The summed E-state index contributed by atoms with van der Waals surface area (Å²) < 4.78 is 0. The van der Waals surface area contributed by atoms with Crippen molar-refractivity contribution in [1.82, 2.24) is 5.32 Å². The van der Waals surface area contributed by atoms with Crippen LogP contribution in [-0.4, -0.2) is 31.3 Å². The largest absolute Gasteiger partial charge is 0.341 e. The highest BCUT2D eigenvalue weighted by Gasteiger charge is 2.20. The Balaban J connectivity index is 1.90. The van der Waals surface area contributed by atoms with Gasteiger partial charge in [0.1, 0.15) is 6.54 Å². The van der Waals surface area contributed by atoms with Gasteiger partial charge in [-0.05, 0) is 25.0 Å². The molecule has 0 saturated carbocycles. The lowest BCUT2D eigenvalue weighted by Crippen LogP contribution is -3.09. The van der Waals surface area contributed by atoms with E-state index in [0.717, 1.165) is 16.0 Å². The van der Waals surface area contributed by atoms with Crippen molar-refractivity contribution in [2.45, 2.75) is 25.9 Å². The third-order valence-corrected chi connectivity index (χ3v) is 4.39. The Morgan fingerprint density at radius 1 is 1.08 bits per heavy atom. The molecule has 132 valence electrons. The fraction of sp³-hybridized carbons (Fsp3) is 0.300. The quantitative estimate of drug-likeness (QED) is 0.753. The van der Waals surface area contributed by atoms with Crippen molar-refractivity contribution in [1.29, 1.82) is 0 Å². The molecule has 2 atom stereocenters. The van der Waals surface area contributed by atoms with E-state index in [1.54, 1.807) is 0 Å². The van der Waals surface area contributed by atoms with Crippen LogP contribution in [0, 0.1) is 0 Å². The molecule has 4 nitrogen and oxygen atoms in total. The Bertz CT molecular complexity index is 719. The van der Waals surface area contributed by atoms with Gasteiger partial charge in [-0.1, -0.05) is 60.1 Å². The van der Waals surface area contributed by atoms with Crippen molar-refractivity contribution in [3.05, 3.63) is 70.7 Å². The second-order valence-electron chi connectivity index (χ2n) is 6.32.